The van der Waals surface area contributed by atoms with Gasteiger partial charge in [-0.15, -0.1) is 0 Å². The minimum Gasteiger partial charge on any atom is -0.361 e. The first-order chi connectivity index (χ1) is 9.61. The predicted octanol–water partition coefficient (Wildman–Crippen LogP) is 3.25. The zero-order chi connectivity index (χ0) is 14.3. The highest BCUT2D eigenvalue weighted by atomic mass is 79.9. The Morgan fingerprint density at radius 2 is 2.25 bits per heavy atom. The molecule has 104 valence electrons. The molecule has 1 saturated heterocycles. The van der Waals surface area contributed by atoms with Crippen LogP contribution in [0.5, 0.6) is 0 Å². The van der Waals surface area contributed by atoms with Crippen molar-refractivity contribution in [2.45, 2.75) is 18.1 Å². The van der Waals surface area contributed by atoms with E-state index in [2.05, 4.69) is 38.1 Å². The van der Waals surface area contributed by atoms with Crippen molar-refractivity contribution in [1.82, 2.24) is 10.3 Å². The Balaban J connectivity index is 2.01. The number of aromatic amines is 1. The fourth-order valence-corrected chi connectivity index (χ4v) is 4.12. The zero-order valence-electron chi connectivity index (χ0n) is 11.1. The second kappa shape index (κ2) is 5.26. The van der Waals surface area contributed by atoms with Crippen LogP contribution >= 0.6 is 27.7 Å². The maximum atomic E-state index is 12.1. The molecular weight excluding hydrogens is 338 g/mol. The van der Waals surface area contributed by atoms with Gasteiger partial charge in [0.2, 0.25) is 5.91 Å². The number of thioether (sulfide) groups is 1. The van der Waals surface area contributed by atoms with Gasteiger partial charge in [-0.1, -0.05) is 40.7 Å². The summed E-state index contributed by atoms with van der Waals surface area (Å²) < 4.78 is 1.05. The number of aliphatic imine (C=N–C) groups is 1. The van der Waals surface area contributed by atoms with E-state index in [1.54, 1.807) is 7.05 Å². The van der Waals surface area contributed by atoms with Crippen LogP contribution in [0.4, 0.5) is 0 Å². The Kier molecular flexibility index (Phi) is 3.60. The minimum absolute atomic E-state index is 0.0319. The number of carbonyl (C=O) groups is 1. The van der Waals surface area contributed by atoms with Crippen LogP contribution in [0.2, 0.25) is 0 Å². The number of benzene rings is 1. The Morgan fingerprint density at radius 3 is 2.95 bits per heavy atom. The van der Waals surface area contributed by atoms with Gasteiger partial charge in [-0.05, 0) is 17.7 Å². The van der Waals surface area contributed by atoms with Crippen LogP contribution in [0.15, 0.2) is 33.9 Å². The molecule has 3 rings (SSSR count). The summed E-state index contributed by atoms with van der Waals surface area (Å²) in [7, 11) is 1.69. The normalized spacial score (nSPS) is 22.4. The molecule has 1 amide bonds. The van der Waals surface area contributed by atoms with E-state index in [1.807, 2.05) is 24.4 Å². The molecule has 0 bridgehead atoms. The molecule has 1 aliphatic rings. The van der Waals surface area contributed by atoms with Gasteiger partial charge < -0.3 is 10.3 Å². The van der Waals surface area contributed by atoms with Gasteiger partial charge in [-0.3, -0.25) is 9.79 Å². The van der Waals surface area contributed by atoms with Gasteiger partial charge in [0.15, 0.2) is 5.17 Å². The van der Waals surface area contributed by atoms with Crippen molar-refractivity contribution in [3.63, 3.8) is 0 Å². The van der Waals surface area contributed by atoms with Gasteiger partial charge >= 0.3 is 0 Å². The van der Waals surface area contributed by atoms with Crippen LogP contribution in [0.25, 0.3) is 10.9 Å². The second-order valence-corrected chi connectivity index (χ2v) is 6.74. The van der Waals surface area contributed by atoms with E-state index in [9.17, 15) is 4.79 Å². The number of amides is 1. The van der Waals surface area contributed by atoms with Crippen LogP contribution in [0.3, 0.4) is 0 Å². The van der Waals surface area contributed by atoms with E-state index in [0.29, 0.717) is 5.17 Å². The van der Waals surface area contributed by atoms with E-state index in [1.165, 1.54) is 11.8 Å². The summed E-state index contributed by atoms with van der Waals surface area (Å²) in [5.41, 5.74) is 2.23. The first kappa shape index (κ1) is 13.7. The molecule has 20 heavy (non-hydrogen) atoms. The number of hydrogen-bond acceptors (Lipinski definition) is 3. The Hall–Kier alpha value is -1.27. The number of nitrogens with one attached hydrogen (secondary N) is 2. The molecule has 2 aromatic rings. The highest BCUT2D eigenvalue weighted by Gasteiger charge is 2.36. The lowest BCUT2D eigenvalue weighted by atomic mass is 9.96. The smallest absolute Gasteiger partial charge is 0.240 e. The van der Waals surface area contributed by atoms with Gasteiger partial charge in [0.25, 0.3) is 0 Å². The van der Waals surface area contributed by atoms with E-state index in [-0.39, 0.29) is 17.1 Å². The van der Waals surface area contributed by atoms with E-state index >= 15 is 0 Å². The standard InChI is InChI=1S/C14H14BrN3OS/c1-7(12-13(19)18-14(16-2)20-12)8-6-17-10-5-3-4-9(15)11(8)10/h3-7,12,17H,1-2H3,(H,16,18,19). The van der Waals surface area contributed by atoms with Crippen molar-refractivity contribution in [2.24, 2.45) is 4.99 Å². The molecule has 0 radical (unpaired) electrons. The van der Waals surface area contributed by atoms with Crippen molar-refractivity contribution in [1.29, 1.82) is 0 Å². The summed E-state index contributed by atoms with van der Waals surface area (Å²) in [4.78, 5) is 19.4. The lowest BCUT2D eigenvalue weighted by molar-refractivity contribution is -0.119. The Bertz CT molecular complexity index is 710. The first-order valence-corrected chi connectivity index (χ1v) is 7.99. The average Bonchev–Trinajstić information content (AvgIpc) is 3.02. The maximum Gasteiger partial charge on any atom is 0.240 e. The van der Waals surface area contributed by atoms with Gasteiger partial charge in [0, 0.05) is 34.5 Å². The molecule has 4 nitrogen and oxygen atoms in total. The summed E-state index contributed by atoms with van der Waals surface area (Å²) in [5.74, 6) is 0.135. The Morgan fingerprint density at radius 1 is 1.45 bits per heavy atom. The number of halogens is 1. The van der Waals surface area contributed by atoms with Gasteiger partial charge in [0.1, 0.15) is 0 Å². The van der Waals surface area contributed by atoms with E-state index in [4.69, 9.17) is 0 Å². The number of aromatic nitrogens is 1. The molecule has 1 aliphatic heterocycles. The number of amidine groups is 1. The highest BCUT2D eigenvalue weighted by molar-refractivity contribution is 9.10. The lowest BCUT2D eigenvalue weighted by Gasteiger charge is -2.15. The number of nitrogens with zero attached hydrogens (tertiary/aromatic N) is 1. The number of H-pyrrole nitrogens is 1. The van der Waals surface area contributed by atoms with Crippen molar-refractivity contribution in [3.05, 3.63) is 34.4 Å². The maximum absolute atomic E-state index is 12.1. The van der Waals surface area contributed by atoms with Gasteiger partial charge in [-0.2, -0.15) is 0 Å². The van der Waals surface area contributed by atoms with Crippen LogP contribution in [-0.4, -0.2) is 28.4 Å². The summed E-state index contributed by atoms with van der Waals surface area (Å²) in [6.07, 6.45) is 2.00. The molecule has 1 aromatic carbocycles. The number of hydrogen-bond donors (Lipinski definition) is 2. The largest absolute Gasteiger partial charge is 0.361 e. The average molecular weight is 352 g/mol. The van der Waals surface area contributed by atoms with Crippen molar-refractivity contribution < 1.29 is 4.79 Å². The molecule has 0 aliphatic carbocycles. The fraction of sp³-hybridized carbons (Fsp3) is 0.286. The van der Waals surface area contributed by atoms with E-state index < -0.39 is 0 Å². The molecule has 0 saturated carbocycles. The monoisotopic (exact) mass is 351 g/mol. The third-order valence-electron chi connectivity index (χ3n) is 3.56. The summed E-state index contributed by atoms with van der Waals surface area (Å²) in [6, 6.07) is 6.06. The minimum atomic E-state index is -0.139. The third kappa shape index (κ3) is 2.16. The number of carbonyl (C=O) groups excluding carboxylic acids is 1. The van der Waals surface area contributed by atoms with Crippen LogP contribution in [0.1, 0.15) is 18.4 Å². The van der Waals surface area contributed by atoms with Gasteiger partial charge in [0.05, 0.1) is 5.25 Å². The molecule has 2 unspecified atom stereocenters. The summed E-state index contributed by atoms with van der Waals surface area (Å²) in [6.45, 7) is 2.08. The molecule has 0 spiro atoms. The van der Waals surface area contributed by atoms with Crippen molar-refractivity contribution in [3.8, 4) is 0 Å². The summed E-state index contributed by atoms with van der Waals surface area (Å²) >= 11 is 5.09. The van der Waals surface area contributed by atoms with Crippen LogP contribution < -0.4 is 5.32 Å². The lowest BCUT2D eigenvalue weighted by Crippen LogP contribution is -2.27. The summed E-state index contributed by atoms with van der Waals surface area (Å²) in [5, 5.41) is 4.52. The Labute approximate surface area is 129 Å². The predicted molar refractivity (Wildman–Crippen MR) is 87.3 cm³/mol. The second-order valence-electron chi connectivity index (χ2n) is 4.75. The molecule has 2 N–H and O–H groups in total. The van der Waals surface area contributed by atoms with Crippen LogP contribution in [-0.2, 0) is 4.79 Å². The molecule has 1 fully saturated rings. The third-order valence-corrected chi connectivity index (χ3v) is 5.61. The number of fused-ring (bicyclic) bond motifs is 1. The zero-order valence-corrected chi connectivity index (χ0v) is 13.5. The SMILES string of the molecule is CN=C1NC(=O)C(C(C)c2c[nH]c3cccc(Br)c23)S1. The quantitative estimate of drug-likeness (QED) is 0.872. The molecule has 6 heteroatoms. The molecule has 2 atom stereocenters. The highest BCUT2D eigenvalue weighted by Crippen LogP contribution is 2.38. The molecule has 2 heterocycles. The topological polar surface area (TPSA) is 57.2 Å². The number of rotatable bonds is 2. The van der Waals surface area contributed by atoms with Crippen molar-refractivity contribution >= 4 is 49.7 Å². The van der Waals surface area contributed by atoms with Crippen molar-refractivity contribution in [2.75, 3.05) is 7.05 Å². The molecule has 1 aromatic heterocycles. The first-order valence-electron chi connectivity index (χ1n) is 6.31. The van der Waals surface area contributed by atoms with E-state index in [0.717, 1.165) is 20.9 Å². The fourth-order valence-electron chi connectivity index (χ4n) is 2.51. The van der Waals surface area contributed by atoms with Crippen LogP contribution in [0, 0.1) is 0 Å². The molecular formula is C14H14BrN3OS. The van der Waals surface area contributed by atoms with Gasteiger partial charge in [-0.25, -0.2) is 0 Å².